The van der Waals surface area contributed by atoms with Gasteiger partial charge in [0.15, 0.2) is 0 Å². The molecule has 1 fully saturated rings. The highest BCUT2D eigenvalue weighted by Crippen LogP contribution is 2.27. The second-order valence-corrected chi connectivity index (χ2v) is 10.3. The summed E-state index contributed by atoms with van der Waals surface area (Å²) in [5.41, 5.74) is 8.45. The molecular formula is C28H42N4O2. The van der Waals surface area contributed by atoms with Crippen LogP contribution in [0.1, 0.15) is 58.9 Å². The number of hydrogen-bond donors (Lipinski definition) is 1. The van der Waals surface area contributed by atoms with Gasteiger partial charge in [-0.1, -0.05) is 33.8 Å². The number of rotatable bonds is 11. The van der Waals surface area contributed by atoms with Crippen LogP contribution in [0.2, 0.25) is 0 Å². The molecule has 0 spiro atoms. The summed E-state index contributed by atoms with van der Waals surface area (Å²) in [4.78, 5) is 21.4. The molecule has 1 aromatic carbocycles. The van der Waals surface area contributed by atoms with Gasteiger partial charge in [0.1, 0.15) is 12.4 Å². The van der Waals surface area contributed by atoms with Crippen molar-refractivity contribution in [3.63, 3.8) is 0 Å². The minimum absolute atomic E-state index is 0.107. The smallest absolute Gasteiger partial charge is 0.239 e. The predicted molar refractivity (Wildman–Crippen MR) is 139 cm³/mol. The average Bonchev–Trinajstić information content (AvgIpc) is 2.83. The van der Waals surface area contributed by atoms with Gasteiger partial charge in [-0.15, -0.1) is 0 Å². The van der Waals surface area contributed by atoms with Crippen LogP contribution in [0.5, 0.6) is 5.75 Å². The summed E-state index contributed by atoms with van der Waals surface area (Å²) in [5.74, 6) is 2.03. The maximum Gasteiger partial charge on any atom is 0.239 e. The predicted octanol–water partition coefficient (Wildman–Crippen LogP) is 4.88. The van der Waals surface area contributed by atoms with Crippen LogP contribution >= 0.6 is 0 Å². The number of hydrogen-bond acceptors (Lipinski definition) is 5. The molecule has 1 aliphatic heterocycles. The number of anilines is 1. The summed E-state index contributed by atoms with van der Waals surface area (Å²) in [7, 11) is 0. The molecule has 0 radical (unpaired) electrons. The third kappa shape index (κ3) is 7.73. The highest BCUT2D eigenvalue weighted by atomic mass is 16.5. The van der Waals surface area contributed by atoms with Gasteiger partial charge in [0, 0.05) is 49.3 Å². The number of piperidine rings is 1. The van der Waals surface area contributed by atoms with Crippen LogP contribution in [0, 0.1) is 11.8 Å². The number of likely N-dealkylation sites (tertiary alicyclic amines) is 1. The van der Waals surface area contributed by atoms with Gasteiger partial charge in [-0.3, -0.25) is 9.78 Å². The van der Waals surface area contributed by atoms with Crippen LogP contribution in [0.4, 0.5) is 5.69 Å². The van der Waals surface area contributed by atoms with Crippen LogP contribution < -0.4 is 15.4 Å². The molecule has 1 atom stereocenters. The fourth-order valence-electron chi connectivity index (χ4n) is 4.54. The second-order valence-electron chi connectivity index (χ2n) is 10.3. The van der Waals surface area contributed by atoms with Crippen LogP contribution in [0.15, 0.2) is 48.8 Å². The maximum atomic E-state index is 12.8. The first-order valence-electron chi connectivity index (χ1n) is 12.8. The number of amides is 1. The molecule has 6 heteroatoms. The van der Waals surface area contributed by atoms with E-state index in [9.17, 15) is 4.79 Å². The normalized spacial score (nSPS) is 15.6. The molecule has 1 aromatic heterocycles. The lowest BCUT2D eigenvalue weighted by atomic mass is 9.98. The van der Waals surface area contributed by atoms with E-state index in [2.05, 4.69) is 61.8 Å². The summed E-state index contributed by atoms with van der Waals surface area (Å²) < 4.78 is 5.95. The van der Waals surface area contributed by atoms with Crippen molar-refractivity contribution < 1.29 is 9.53 Å². The van der Waals surface area contributed by atoms with Gasteiger partial charge < -0.3 is 20.3 Å². The summed E-state index contributed by atoms with van der Waals surface area (Å²) in [5, 5.41) is 0. The molecule has 3 rings (SSSR count). The molecule has 2 aromatic rings. The molecule has 0 aliphatic carbocycles. The lowest BCUT2D eigenvalue weighted by Gasteiger charge is -2.41. The SMILES string of the molecule is CC(C)CCN(c1ccc(OCc2cccnc2)cc1)C1CCN(C(=O)C(N)CC(C)C)CC1. The first-order valence-corrected chi connectivity index (χ1v) is 12.8. The maximum absolute atomic E-state index is 12.8. The van der Waals surface area contributed by atoms with Gasteiger partial charge in [-0.25, -0.2) is 0 Å². The summed E-state index contributed by atoms with van der Waals surface area (Å²) >= 11 is 0. The van der Waals surface area contributed by atoms with E-state index < -0.39 is 0 Å². The first kappa shape index (κ1) is 26.0. The van der Waals surface area contributed by atoms with E-state index in [4.69, 9.17) is 10.5 Å². The van der Waals surface area contributed by atoms with E-state index in [0.29, 0.717) is 24.5 Å². The second kappa shape index (κ2) is 12.7. The Morgan fingerprint density at radius 1 is 1.12 bits per heavy atom. The molecule has 2 N–H and O–H groups in total. The van der Waals surface area contributed by atoms with E-state index in [1.165, 1.54) is 5.69 Å². The highest BCUT2D eigenvalue weighted by molar-refractivity contribution is 5.81. The Kier molecular flexibility index (Phi) is 9.75. The average molecular weight is 467 g/mol. The lowest BCUT2D eigenvalue weighted by Crippen LogP contribution is -2.51. The Morgan fingerprint density at radius 3 is 2.41 bits per heavy atom. The number of benzene rings is 1. The zero-order valence-electron chi connectivity index (χ0n) is 21.3. The zero-order chi connectivity index (χ0) is 24.5. The number of ether oxygens (including phenoxy) is 1. The van der Waals surface area contributed by atoms with Crippen molar-refractivity contribution in [2.24, 2.45) is 17.6 Å². The Balaban J connectivity index is 1.61. The van der Waals surface area contributed by atoms with Crippen molar-refractivity contribution in [1.82, 2.24) is 9.88 Å². The number of pyridine rings is 1. The number of carbonyl (C=O) groups is 1. The van der Waals surface area contributed by atoms with Crippen LogP contribution in [-0.4, -0.2) is 47.5 Å². The lowest BCUT2D eigenvalue weighted by molar-refractivity contribution is -0.134. The minimum Gasteiger partial charge on any atom is -0.489 e. The molecule has 34 heavy (non-hydrogen) atoms. The fraction of sp³-hybridized carbons (Fsp3) is 0.571. The fourth-order valence-corrected chi connectivity index (χ4v) is 4.54. The first-order chi connectivity index (χ1) is 16.3. The van der Waals surface area contributed by atoms with Crippen LogP contribution in [0.25, 0.3) is 0 Å². The third-order valence-corrected chi connectivity index (χ3v) is 6.50. The molecule has 0 bridgehead atoms. The summed E-state index contributed by atoms with van der Waals surface area (Å²) in [6.45, 7) is 11.8. The Labute approximate surface area is 205 Å². The molecule has 186 valence electrons. The largest absolute Gasteiger partial charge is 0.489 e. The number of nitrogens with zero attached hydrogens (tertiary/aromatic N) is 3. The molecule has 2 heterocycles. The molecule has 6 nitrogen and oxygen atoms in total. The number of aromatic nitrogens is 1. The Morgan fingerprint density at radius 2 is 1.82 bits per heavy atom. The summed E-state index contributed by atoms with van der Waals surface area (Å²) in [6, 6.07) is 12.4. The van der Waals surface area contributed by atoms with E-state index in [0.717, 1.165) is 56.6 Å². The number of nitrogens with two attached hydrogens (primary N) is 1. The standard InChI is InChI=1S/C28H42N4O2/c1-21(2)11-17-32(25-12-15-31(16-13-25)28(33)27(29)18-22(3)4)24-7-9-26(10-8-24)34-20-23-6-5-14-30-19-23/h5-10,14,19,21-22,25,27H,11-13,15-18,20,29H2,1-4H3. The highest BCUT2D eigenvalue weighted by Gasteiger charge is 2.29. The van der Waals surface area contributed by atoms with E-state index in [-0.39, 0.29) is 11.9 Å². The quantitative estimate of drug-likeness (QED) is 0.511. The molecule has 1 saturated heterocycles. The topological polar surface area (TPSA) is 71.7 Å². The van der Waals surface area contributed by atoms with E-state index in [1.807, 2.05) is 23.2 Å². The van der Waals surface area contributed by atoms with Gasteiger partial charge in [-0.05, 0) is 67.9 Å². The van der Waals surface area contributed by atoms with Gasteiger partial charge >= 0.3 is 0 Å². The van der Waals surface area contributed by atoms with Crippen LogP contribution in [-0.2, 0) is 11.4 Å². The van der Waals surface area contributed by atoms with Crippen molar-refractivity contribution in [3.05, 3.63) is 54.4 Å². The monoisotopic (exact) mass is 466 g/mol. The Hall–Kier alpha value is -2.60. The van der Waals surface area contributed by atoms with Gasteiger partial charge in [0.2, 0.25) is 5.91 Å². The molecule has 1 amide bonds. The van der Waals surface area contributed by atoms with Gasteiger partial charge in [-0.2, -0.15) is 0 Å². The summed E-state index contributed by atoms with van der Waals surface area (Å²) in [6.07, 6.45) is 7.42. The third-order valence-electron chi connectivity index (χ3n) is 6.50. The molecular weight excluding hydrogens is 424 g/mol. The van der Waals surface area contributed by atoms with E-state index >= 15 is 0 Å². The van der Waals surface area contributed by atoms with Crippen LogP contribution in [0.3, 0.4) is 0 Å². The van der Waals surface area contributed by atoms with Gasteiger partial charge in [0.05, 0.1) is 6.04 Å². The molecule has 1 unspecified atom stereocenters. The van der Waals surface area contributed by atoms with Crippen molar-refractivity contribution in [2.75, 3.05) is 24.5 Å². The van der Waals surface area contributed by atoms with Crippen molar-refractivity contribution in [3.8, 4) is 5.75 Å². The molecule has 0 saturated carbocycles. The zero-order valence-corrected chi connectivity index (χ0v) is 21.3. The van der Waals surface area contributed by atoms with Crippen molar-refractivity contribution in [2.45, 2.75) is 72.1 Å². The van der Waals surface area contributed by atoms with Gasteiger partial charge in [0.25, 0.3) is 0 Å². The van der Waals surface area contributed by atoms with E-state index in [1.54, 1.807) is 6.20 Å². The van der Waals surface area contributed by atoms with Crippen molar-refractivity contribution >= 4 is 11.6 Å². The van der Waals surface area contributed by atoms with Crippen molar-refractivity contribution in [1.29, 1.82) is 0 Å². The minimum atomic E-state index is -0.382. The molecule has 1 aliphatic rings. The Bertz CT molecular complexity index is 862. The number of carbonyl (C=O) groups excluding carboxylic acids is 1.